The smallest absolute Gasteiger partial charge is 0.119 e. The van der Waals surface area contributed by atoms with Crippen molar-refractivity contribution in [2.24, 2.45) is 11.7 Å². The van der Waals surface area contributed by atoms with Crippen LogP contribution in [0.15, 0.2) is 36.4 Å². The zero-order valence-electron chi connectivity index (χ0n) is 14.3. The van der Waals surface area contributed by atoms with Crippen LogP contribution < -0.4 is 10.5 Å². The molecule has 2 aromatic rings. The van der Waals surface area contributed by atoms with Crippen LogP contribution in [0.5, 0.6) is 5.75 Å². The van der Waals surface area contributed by atoms with Crippen molar-refractivity contribution in [1.29, 1.82) is 0 Å². The third kappa shape index (κ3) is 3.42. The lowest BCUT2D eigenvalue weighted by Crippen LogP contribution is -2.44. The van der Waals surface area contributed by atoms with E-state index in [2.05, 4.69) is 32.0 Å². The van der Waals surface area contributed by atoms with Crippen LogP contribution in [0.4, 0.5) is 0 Å². The van der Waals surface area contributed by atoms with E-state index in [-0.39, 0.29) is 11.5 Å². The molecule has 2 atom stereocenters. The number of fused-ring (bicyclic) bond motifs is 1. The zero-order valence-corrected chi connectivity index (χ0v) is 15.8. The van der Waals surface area contributed by atoms with E-state index in [1.807, 2.05) is 18.2 Å². The van der Waals surface area contributed by atoms with Gasteiger partial charge in [-0.05, 0) is 73.6 Å². The molecule has 0 saturated carbocycles. The fraction of sp³-hybridized carbons (Fsp3) is 0.400. The van der Waals surface area contributed by atoms with Gasteiger partial charge in [0.25, 0.3) is 0 Å². The molecule has 0 bridgehead atoms. The lowest BCUT2D eigenvalue weighted by Gasteiger charge is -2.39. The largest absolute Gasteiger partial charge is 0.497 e. The Bertz CT molecular complexity index is 752. The van der Waals surface area contributed by atoms with Crippen LogP contribution in [-0.2, 0) is 6.42 Å². The van der Waals surface area contributed by atoms with E-state index in [9.17, 15) is 0 Å². The van der Waals surface area contributed by atoms with Crippen LogP contribution in [0.25, 0.3) is 0 Å². The second kappa shape index (κ2) is 6.59. The normalized spacial score (nSPS) is 20.6. The highest BCUT2D eigenvalue weighted by Gasteiger charge is 2.35. The molecule has 2 aromatic carbocycles. The third-order valence-corrected chi connectivity index (χ3v) is 5.85. The summed E-state index contributed by atoms with van der Waals surface area (Å²) in [7, 11) is 1.70. The first-order valence-corrected chi connectivity index (χ1v) is 8.96. The molecule has 128 valence electrons. The minimum absolute atomic E-state index is 0.230. The predicted octanol–water partition coefficient (Wildman–Crippen LogP) is 5.43. The van der Waals surface area contributed by atoms with Gasteiger partial charge in [-0.3, -0.25) is 0 Å². The maximum atomic E-state index is 6.45. The summed E-state index contributed by atoms with van der Waals surface area (Å²) in [6.45, 7) is 4.22. The first-order chi connectivity index (χ1) is 11.3. The van der Waals surface area contributed by atoms with Gasteiger partial charge in [0.15, 0.2) is 0 Å². The van der Waals surface area contributed by atoms with Gasteiger partial charge in [0.05, 0.1) is 17.2 Å². The molecule has 24 heavy (non-hydrogen) atoms. The van der Waals surface area contributed by atoms with Gasteiger partial charge in [-0.25, -0.2) is 0 Å². The standard InChI is InChI=1S/C20H23Cl2NO/c1-20(2,23)14-8-12-4-6-15(24-3)11-17(12)16(10-14)13-5-7-18(21)19(22)9-13/h4-7,9,11,14,16H,8,10,23H2,1-3H3/t14-,16-/m0/s1. The molecular formula is C20H23Cl2NO. The molecule has 0 heterocycles. The Morgan fingerprint density at radius 2 is 1.83 bits per heavy atom. The van der Waals surface area contributed by atoms with Gasteiger partial charge in [-0.15, -0.1) is 0 Å². The highest BCUT2D eigenvalue weighted by atomic mass is 35.5. The van der Waals surface area contributed by atoms with Gasteiger partial charge in [-0.1, -0.05) is 35.3 Å². The van der Waals surface area contributed by atoms with Crippen LogP contribution in [0, 0.1) is 5.92 Å². The van der Waals surface area contributed by atoms with Crippen LogP contribution in [0.2, 0.25) is 10.0 Å². The molecule has 1 aliphatic rings. The van der Waals surface area contributed by atoms with E-state index < -0.39 is 0 Å². The first-order valence-electron chi connectivity index (χ1n) is 8.20. The monoisotopic (exact) mass is 363 g/mol. The summed E-state index contributed by atoms with van der Waals surface area (Å²) in [5.74, 6) is 1.52. The Balaban J connectivity index is 2.10. The highest BCUT2D eigenvalue weighted by Crippen LogP contribution is 2.44. The molecule has 0 saturated heterocycles. The first kappa shape index (κ1) is 17.6. The van der Waals surface area contributed by atoms with Crippen molar-refractivity contribution in [2.75, 3.05) is 7.11 Å². The van der Waals surface area contributed by atoms with Crippen LogP contribution in [0.3, 0.4) is 0 Å². The number of ether oxygens (including phenoxy) is 1. The summed E-state index contributed by atoms with van der Waals surface area (Å²) in [5, 5.41) is 1.17. The van der Waals surface area contributed by atoms with Crippen molar-refractivity contribution in [2.45, 2.75) is 38.1 Å². The summed E-state index contributed by atoms with van der Waals surface area (Å²) < 4.78 is 5.43. The Kier molecular flexibility index (Phi) is 4.83. The van der Waals surface area contributed by atoms with Gasteiger partial charge in [0.2, 0.25) is 0 Å². The predicted molar refractivity (Wildman–Crippen MR) is 101 cm³/mol. The molecule has 3 rings (SSSR count). The minimum atomic E-state index is -0.230. The Labute approximate surface area is 153 Å². The van der Waals surface area contributed by atoms with E-state index >= 15 is 0 Å². The lowest BCUT2D eigenvalue weighted by molar-refractivity contribution is 0.275. The number of benzene rings is 2. The van der Waals surface area contributed by atoms with Gasteiger partial charge in [0.1, 0.15) is 5.75 Å². The van der Waals surface area contributed by atoms with Crippen LogP contribution in [-0.4, -0.2) is 12.6 Å². The molecule has 0 radical (unpaired) electrons. The van der Waals surface area contributed by atoms with Crippen molar-refractivity contribution in [1.82, 2.24) is 0 Å². The van der Waals surface area contributed by atoms with E-state index in [1.165, 1.54) is 16.7 Å². The maximum Gasteiger partial charge on any atom is 0.119 e. The number of halogens is 2. The van der Waals surface area contributed by atoms with E-state index in [1.54, 1.807) is 7.11 Å². The van der Waals surface area contributed by atoms with E-state index in [4.69, 9.17) is 33.7 Å². The molecule has 0 aromatic heterocycles. The van der Waals surface area contributed by atoms with Crippen molar-refractivity contribution in [3.63, 3.8) is 0 Å². The molecule has 1 aliphatic carbocycles. The highest BCUT2D eigenvalue weighted by molar-refractivity contribution is 6.42. The topological polar surface area (TPSA) is 35.2 Å². The molecule has 4 heteroatoms. The Morgan fingerprint density at radius 1 is 1.08 bits per heavy atom. The number of methoxy groups -OCH3 is 1. The summed E-state index contributed by atoms with van der Waals surface area (Å²) in [6.07, 6.45) is 1.97. The van der Waals surface area contributed by atoms with Crippen LogP contribution in [0.1, 0.15) is 42.9 Å². The Hall–Kier alpha value is -1.22. The quantitative estimate of drug-likeness (QED) is 0.788. The van der Waals surface area contributed by atoms with Gasteiger partial charge in [-0.2, -0.15) is 0 Å². The molecule has 0 spiro atoms. The molecule has 0 aliphatic heterocycles. The molecule has 2 nitrogen and oxygen atoms in total. The van der Waals surface area contributed by atoms with E-state index in [0.717, 1.165) is 18.6 Å². The third-order valence-electron chi connectivity index (χ3n) is 5.11. The summed E-state index contributed by atoms with van der Waals surface area (Å²) in [6, 6.07) is 12.2. The second-order valence-corrected chi connectivity index (χ2v) is 8.06. The summed E-state index contributed by atoms with van der Waals surface area (Å²) >= 11 is 12.4. The maximum absolute atomic E-state index is 6.45. The van der Waals surface area contributed by atoms with E-state index in [0.29, 0.717) is 16.0 Å². The zero-order chi connectivity index (χ0) is 17.5. The molecule has 2 N–H and O–H groups in total. The summed E-state index contributed by atoms with van der Waals surface area (Å²) in [4.78, 5) is 0. The average Bonchev–Trinajstić information content (AvgIpc) is 2.55. The second-order valence-electron chi connectivity index (χ2n) is 7.25. The Morgan fingerprint density at radius 3 is 2.46 bits per heavy atom. The number of hydrogen-bond donors (Lipinski definition) is 1. The number of nitrogens with two attached hydrogens (primary N) is 1. The van der Waals surface area contributed by atoms with Crippen molar-refractivity contribution in [3.05, 3.63) is 63.1 Å². The molecule has 0 unspecified atom stereocenters. The summed E-state index contributed by atoms with van der Waals surface area (Å²) in [5.41, 5.74) is 10.0. The SMILES string of the molecule is COc1ccc2c(c1)[C@H](c1ccc(Cl)c(Cl)c1)C[C@@H](C(C)(C)N)C2. The molecule has 0 amide bonds. The van der Waals surface area contributed by atoms with Crippen molar-refractivity contribution in [3.8, 4) is 5.75 Å². The number of rotatable bonds is 3. The van der Waals surface area contributed by atoms with Crippen LogP contribution >= 0.6 is 23.2 Å². The fourth-order valence-electron chi connectivity index (χ4n) is 3.58. The van der Waals surface area contributed by atoms with Gasteiger partial charge >= 0.3 is 0 Å². The average molecular weight is 364 g/mol. The lowest BCUT2D eigenvalue weighted by atomic mass is 9.68. The van der Waals surface area contributed by atoms with Gasteiger partial charge in [0, 0.05) is 11.5 Å². The van der Waals surface area contributed by atoms with Crippen molar-refractivity contribution < 1.29 is 4.74 Å². The molecular weight excluding hydrogens is 341 g/mol. The van der Waals surface area contributed by atoms with Crippen molar-refractivity contribution >= 4 is 23.2 Å². The number of hydrogen-bond acceptors (Lipinski definition) is 2. The fourth-order valence-corrected chi connectivity index (χ4v) is 3.89. The molecule has 0 fully saturated rings. The minimum Gasteiger partial charge on any atom is -0.497 e. The van der Waals surface area contributed by atoms with Gasteiger partial charge < -0.3 is 10.5 Å².